The van der Waals surface area contributed by atoms with E-state index in [-0.39, 0.29) is 16.7 Å². The lowest BCUT2D eigenvalue weighted by molar-refractivity contribution is -0.385. The summed E-state index contributed by atoms with van der Waals surface area (Å²) in [5.41, 5.74) is 1.42. The topological polar surface area (TPSA) is 72.6 Å². The van der Waals surface area contributed by atoms with Gasteiger partial charge < -0.3 is 9.84 Å². The van der Waals surface area contributed by atoms with Crippen molar-refractivity contribution in [3.63, 3.8) is 0 Å². The molecule has 1 N–H and O–H groups in total. The van der Waals surface area contributed by atoms with E-state index in [1.54, 1.807) is 19.9 Å². The first-order valence-electron chi connectivity index (χ1n) is 6.59. The van der Waals surface area contributed by atoms with Gasteiger partial charge in [0, 0.05) is 11.6 Å². The quantitative estimate of drug-likeness (QED) is 0.673. The number of hydrogen-bond acceptors (Lipinski definition) is 4. The van der Waals surface area contributed by atoms with Crippen LogP contribution in [0.5, 0.6) is 5.75 Å². The van der Waals surface area contributed by atoms with Crippen LogP contribution in [0.1, 0.15) is 36.8 Å². The maximum atomic E-state index is 10.9. The molecule has 1 aliphatic carbocycles. The van der Waals surface area contributed by atoms with Gasteiger partial charge in [-0.15, -0.1) is 0 Å². The number of hydrogen-bond donors (Lipinski definition) is 1. The van der Waals surface area contributed by atoms with Crippen molar-refractivity contribution in [1.29, 1.82) is 0 Å². The number of aryl methyl sites for hydroxylation is 2. The molecule has 104 valence electrons. The Morgan fingerprint density at radius 2 is 1.95 bits per heavy atom. The number of nitro benzene ring substituents is 1. The van der Waals surface area contributed by atoms with E-state index in [9.17, 15) is 15.2 Å². The van der Waals surface area contributed by atoms with Crippen molar-refractivity contribution in [3.05, 3.63) is 33.4 Å². The lowest BCUT2D eigenvalue weighted by Crippen LogP contribution is -2.34. The largest absolute Gasteiger partial charge is 0.487 e. The van der Waals surface area contributed by atoms with Crippen LogP contribution in [0.3, 0.4) is 0 Å². The van der Waals surface area contributed by atoms with Gasteiger partial charge in [-0.25, -0.2) is 0 Å². The Morgan fingerprint density at radius 1 is 1.26 bits per heavy atom. The number of ether oxygens (including phenoxy) is 1. The van der Waals surface area contributed by atoms with E-state index in [1.807, 2.05) is 0 Å². The number of aliphatic hydroxyl groups excluding tert-OH is 1. The van der Waals surface area contributed by atoms with E-state index >= 15 is 0 Å². The fourth-order valence-corrected chi connectivity index (χ4v) is 2.48. The first-order valence-corrected chi connectivity index (χ1v) is 6.59. The molecule has 1 aromatic carbocycles. The lowest BCUT2D eigenvalue weighted by atomic mass is 9.94. The van der Waals surface area contributed by atoms with Crippen molar-refractivity contribution in [1.82, 2.24) is 0 Å². The van der Waals surface area contributed by atoms with Gasteiger partial charge in [0.15, 0.2) is 0 Å². The van der Waals surface area contributed by atoms with E-state index in [2.05, 4.69) is 0 Å². The van der Waals surface area contributed by atoms with Gasteiger partial charge in [0.25, 0.3) is 5.69 Å². The second kappa shape index (κ2) is 5.57. The second-order valence-corrected chi connectivity index (χ2v) is 5.17. The van der Waals surface area contributed by atoms with Gasteiger partial charge in [-0.05, 0) is 44.7 Å². The van der Waals surface area contributed by atoms with Crippen molar-refractivity contribution in [3.8, 4) is 5.75 Å². The molecule has 2 atom stereocenters. The van der Waals surface area contributed by atoms with Crippen molar-refractivity contribution in [2.75, 3.05) is 0 Å². The monoisotopic (exact) mass is 265 g/mol. The zero-order valence-corrected chi connectivity index (χ0v) is 11.3. The molecule has 0 amide bonds. The summed E-state index contributed by atoms with van der Waals surface area (Å²) < 4.78 is 5.84. The molecule has 1 aromatic rings. The molecule has 0 aliphatic heterocycles. The van der Waals surface area contributed by atoms with E-state index in [4.69, 9.17) is 4.74 Å². The summed E-state index contributed by atoms with van der Waals surface area (Å²) in [6.07, 6.45) is 3.02. The summed E-state index contributed by atoms with van der Waals surface area (Å²) in [5, 5.41) is 20.8. The molecule has 0 spiro atoms. The molecule has 0 saturated heterocycles. The van der Waals surface area contributed by atoms with Crippen LogP contribution in [0.4, 0.5) is 5.69 Å². The van der Waals surface area contributed by atoms with Crippen LogP contribution in [0, 0.1) is 24.0 Å². The maximum Gasteiger partial charge on any atom is 0.272 e. The molecule has 5 heteroatoms. The third kappa shape index (κ3) is 3.04. The van der Waals surface area contributed by atoms with E-state index < -0.39 is 6.10 Å². The van der Waals surface area contributed by atoms with Gasteiger partial charge in [0.2, 0.25) is 0 Å². The highest BCUT2D eigenvalue weighted by atomic mass is 16.6. The van der Waals surface area contributed by atoms with Crippen LogP contribution >= 0.6 is 0 Å². The van der Waals surface area contributed by atoms with Crippen LogP contribution in [0.25, 0.3) is 0 Å². The molecular weight excluding hydrogens is 246 g/mol. The Balaban J connectivity index is 2.21. The van der Waals surface area contributed by atoms with Crippen molar-refractivity contribution in [2.45, 2.75) is 51.7 Å². The summed E-state index contributed by atoms with van der Waals surface area (Å²) in [6.45, 7) is 3.48. The molecule has 0 heterocycles. The van der Waals surface area contributed by atoms with Gasteiger partial charge in [-0.3, -0.25) is 10.1 Å². The summed E-state index contributed by atoms with van der Waals surface area (Å²) in [5.74, 6) is 0.633. The summed E-state index contributed by atoms with van der Waals surface area (Å²) in [4.78, 5) is 10.5. The first-order chi connectivity index (χ1) is 8.99. The first kappa shape index (κ1) is 13.8. The molecule has 1 aliphatic rings. The highest BCUT2D eigenvalue weighted by Crippen LogP contribution is 2.30. The standard InChI is InChI=1S/C14H19NO4/c1-9-8-14(10(2)7-11(9)15(17)18)19-13-6-4-3-5-12(13)16/h7-8,12-13,16H,3-6H2,1-2H3/t12-,13-/m1/s1. The Bertz CT molecular complexity index is 487. The predicted molar refractivity (Wildman–Crippen MR) is 71.5 cm³/mol. The van der Waals surface area contributed by atoms with Crippen LogP contribution in [0.2, 0.25) is 0 Å². The molecule has 0 radical (unpaired) electrons. The summed E-state index contributed by atoms with van der Waals surface area (Å²) in [7, 11) is 0. The van der Waals surface area contributed by atoms with Gasteiger partial charge in [-0.2, -0.15) is 0 Å². The fraction of sp³-hybridized carbons (Fsp3) is 0.571. The summed E-state index contributed by atoms with van der Waals surface area (Å²) >= 11 is 0. The second-order valence-electron chi connectivity index (χ2n) is 5.17. The van der Waals surface area contributed by atoms with Crippen LogP contribution in [-0.2, 0) is 0 Å². The van der Waals surface area contributed by atoms with Gasteiger partial charge in [0.1, 0.15) is 11.9 Å². The van der Waals surface area contributed by atoms with Crippen molar-refractivity contribution in [2.24, 2.45) is 0 Å². The molecule has 5 nitrogen and oxygen atoms in total. The van der Waals surface area contributed by atoms with Crippen LogP contribution in [-0.4, -0.2) is 22.2 Å². The fourth-order valence-electron chi connectivity index (χ4n) is 2.48. The molecule has 0 aromatic heterocycles. The van der Waals surface area contributed by atoms with E-state index in [0.717, 1.165) is 31.2 Å². The van der Waals surface area contributed by atoms with Crippen LogP contribution in [0.15, 0.2) is 12.1 Å². The molecule has 1 saturated carbocycles. The predicted octanol–water partition coefficient (Wildman–Crippen LogP) is 2.89. The van der Waals surface area contributed by atoms with Gasteiger partial charge in [0.05, 0.1) is 11.0 Å². The Morgan fingerprint density at radius 3 is 2.58 bits per heavy atom. The normalized spacial score (nSPS) is 23.1. The zero-order chi connectivity index (χ0) is 14.0. The number of nitrogens with zero attached hydrogens (tertiary/aromatic N) is 1. The minimum absolute atomic E-state index is 0.106. The molecule has 19 heavy (non-hydrogen) atoms. The van der Waals surface area contributed by atoms with Gasteiger partial charge in [-0.1, -0.05) is 6.42 Å². The number of rotatable bonds is 3. The van der Waals surface area contributed by atoms with Crippen LogP contribution < -0.4 is 4.74 Å². The minimum Gasteiger partial charge on any atom is -0.487 e. The highest BCUT2D eigenvalue weighted by Gasteiger charge is 2.25. The van der Waals surface area contributed by atoms with Crippen molar-refractivity contribution >= 4 is 5.69 Å². The average Bonchev–Trinajstić information content (AvgIpc) is 2.35. The Kier molecular flexibility index (Phi) is 4.04. The highest BCUT2D eigenvalue weighted by molar-refractivity contribution is 5.49. The Labute approximate surface area is 112 Å². The van der Waals surface area contributed by atoms with Gasteiger partial charge >= 0.3 is 0 Å². The average molecular weight is 265 g/mol. The SMILES string of the molecule is Cc1cc([N+](=O)[O-])c(C)cc1O[C@@H]1CCCC[C@H]1O. The smallest absolute Gasteiger partial charge is 0.272 e. The molecule has 1 fully saturated rings. The third-order valence-corrected chi connectivity index (χ3v) is 3.64. The minimum atomic E-state index is -0.441. The zero-order valence-electron chi connectivity index (χ0n) is 11.3. The number of aliphatic hydroxyl groups is 1. The molecule has 0 bridgehead atoms. The maximum absolute atomic E-state index is 10.9. The number of nitro groups is 1. The third-order valence-electron chi connectivity index (χ3n) is 3.64. The Hall–Kier alpha value is -1.62. The van der Waals surface area contributed by atoms with E-state index in [1.165, 1.54) is 6.07 Å². The molecule has 0 unspecified atom stereocenters. The van der Waals surface area contributed by atoms with E-state index in [0.29, 0.717) is 11.3 Å². The summed E-state index contributed by atoms with van der Waals surface area (Å²) in [6, 6.07) is 3.22. The number of benzene rings is 1. The molecular formula is C14H19NO4. The van der Waals surface area contributed by atoms with Crippen molar-refractivity contribution < 1.29 is 14.8 Å². The molecule has 2 rings (SSSR count). The lowest BCUT2D eigenvalue weighted by Gasteiger charge is -2.28.